The summed E-state index contributed by atoms with van der Waals surface area (Å²) in [5.41, 5.74) is -7.00. The van der Waals surface area contributed by atoms with E-state index in [0.717, 1.165) is 0 Å². The quantitative estimate of drug-likeness (QED) is 0.241. The molecule has 3 rings (SSSR count). The normalized spacial score (nSPS) is 12.7. The fourth-order valence-electron chi connectivity index (χ4n) is 3.18. The van der Waals surface area contributed by atoms with Gasteiger partial charge in [-0.3, -0.25) is 40.5 Å². The summed E-state index contributed by atoms with van der Waals surface area (Å²) in [4.78, 5) is 46.4. The number of rotatable bonds is 7. The lowest BCUT2D eigenvalue weighted by atomic mass is 9.99. The molecule has 14 heteroatoms. The van der Waals surface area contributed by atoms with E-state index in [1.54, 1.807) is 0 Å². The van der Waals surface area contributed by atoms with Crippen molar-refractivity contribution in [2.75, 3.05) is 6.61 Å². The van der Waals surface area contributed by atoms with Crippen LogP contribution in [0.1, 0.15) is 11.1 Å². The van der Waals surface area contributed by atoms with Gasteiger partial charge in [-0.2, -0.15) is 0 Å². The number of benzene rings is 2. The lowest BCUT2D eigenvalue weighted by Crippen LogP contribution is -2.11. The van der Waals surface area contributed by atoms with E-state index in [9.17, 15) is 40.5 Å². The van der Waals surface area contributed by atoms with Crippen LogP contribution in [0, 0.1) is 40.5 Å². The monoisotopic (exact) mass is 415 g/mol. The molecule has 14 nitrogen and oxygen atoms in total. The van der Waals surface area contributed by atoms with E-state index in [4.69, 9.17) is 4.84 Å². The molecule has 0 saturated carbocycles. The zero-order valence-corrected chi connectivity index (χ0v) is 14.7. The molecule has 0 N–H and O–H groups in total. The molecule has 0 saturated heterocycles. The molecule has 0 heterocycles. The van der Waals surface area contributed by atoms with Crippen LogP contribution in [0.2, 0.25) is 0 Å². The minimum Gasteiger partial charge on any atom is -0.391 e. The van der Waals surface area contributed by atoms with Gasteiger partial charge in [-0.1, -0.05) is 42.1 Å². The highest BCUT2D eigenvalue weighted by Gasteiger charge is 2.53. The maximum absolute atomic E-state index is 11.8. The van der Waals surface area contributed by atoms with Crippen LogP contribution >= 0.6 is 0 Å². The van der Waals surface area contributed by atoms with Crippen molar-refractivity contribution in [1.29, 1.82) is 0 Å². The number of nitro groups is 4. The van der Waals surface area contributed by atoms with Gasteiger partial charge in [0, 0.05) is 5.56 Å². The van der Waals surface area contributed by atoms with E-state index in [1.165, 1.54) is 30.3 Å². The Kier molecular flexibility index (Phi) is 4.89. The Morgan fingerprint density at radius 2 is 1.27 bits per heavy atom. The average molecular weight is 415 g/mol. The second-order valence-corrected chi connectivity index (χ2v) is 5.74. The van der Waals surface area contributed by atoms with Gasteiger partial charge in [0.15, 0.2) is 0 Å². The Morgan fingerprint density at radius 1 is 0.800 bits per heavy atom. The summed E-state index contributed by atoms with van der Waals surface area (Å²) in [6.07, 6.45) is 1.31. The van der Waals surface area contributed by atoms with E-state index in [0.29, 0.717) is 0 Å². The Balaban J connectivity index is 2.63. The molecule has 2 aromatic rings. The third-order valence-corrected chi connectivity index (χ3v) is 4.16. The fraction of sp³-hybridized carbons (Fsp3) is 0.0625. The fourth-order valence-corrected chi connectivity index (χ4v) is 3.18. The van der Waals surface area contributed by atoms with Crippen molar-refractivity contribution in [1.82, 2.24) is 0 Å². The largest absolute Gasteiger partial charge is 0.430 e. The minimum atomic E-state index is -1.61. The molecule has 1 aliphatic rings. The zero-order chi connectivity index (χ0) is 22.2. The molecule has 152 valence electrons. The van der Waals surface area contributed by atoms with Crippen LogP contribution in [0.25, 0.3) is 11.1 Å². The molecule has 0 aliphatic heterocycles. The van der Waals surface area contributed by atoms with Gasteiger partial charge < -0.3 is 4.84 Å². The van der Waals surface area contributed by atoms with Crippen LogP contribution in [-0.4, -0.2) is 32.0 Å². The summed E-state index contributed by atoms with van der Waals surface area (Å²) >= 11 is 0. The summed E-state index contributed by atoms with van der Waals surface area (Å²) in [6, 6.07) is 5.67. The molecule has 1 aliphatic carbocycles. The van der Waals surface area contributed by atoms with Crippen molar-refractivity contribution in [2.24, 2.45) is 5.16 Å². The van der Waals surface area contributed by atoms with Crippen LogP contribution in [0.5, 0.6) is 0 Å². The van der Waals surface area contributed by atoms with Crippen molar-refractivity contribution in [3.05, 3.63) is 88.5 Å². The molecule has 0 fully saturated rings. The number of fused-ring (bicyclic) bond motifs is 3. The van der Waals surface area contributed by atoms with Gasteiger partial charge in [0.2, 0.25) is 0 Å². The smallest absolute Gasteiger partial charge is 0.391 e. The molecule has 0 bridgehead atoms. The summed E-state index contributed by atoms with van der Waals surface area (Å²) < 4.78 is 0. The zero-order valence-electron chi connectivity index (χ0n) is 14.7. The minimum absolute atomic E-state index is 0.0150. The predicted molar refractivity (Wildman–Crippen MR) is 100 cm³/mol. The molecular formula is C16H9N5O9. The highest BCUT2D eigenvalue weighted by Crippen LogP contribution is 2.55. The third kappa shape index (κ3) is 2.88. The second kappa shape index (κ2) is 7.34. The molecule has 0 atom stereocenters. The molecule has 0 aromatic heterocycles. The van der Waals surface area contributed by atoms with E-state index in [1.807, 2.05) is 0 Å². The van der Waals surface area contributed by atoms with Crippen LogP contribution in [0.4, 0.5) is 22.7 Å². The standard InChI is InChI=1S/C16H9N5O9/c1-2-7-30-17-12-9-6-4-3-5-8(9)10-11(12)14(19(24)25)16(21(28)29)15(20(26)27)13(10)18(22)23/h2-6H,1,7H2/b17-12+. The average Bonchev–Trinajstić information content (AvgIpc) is 3.00. The topological polar surface area (TPSA) is 194 Å². The highest BCUT2D eigenvalue weighted by atomic mass is 16.7. The summed E-state index contributed by atoms with van der Waals surface area (Å²) in [7, 11) is 0. The number of nitro benzene ring substituents is 4. The van der Waals surface area contributed by atoms with E-state index in [2.05, 4.69) is 11.7 Å². The van der Waals surface area contributed by atoms with Crippen LogP contribution in [0.3, 0.4) is 0 Å². The second-order valence-electron chi connectivity index (χ2n) is 5.74. The molecular weight excluding hydrogens is 406 g/mol. The third-order valence-electron chi connectivity index (χ3n) is 4.16. The maximum Gasteiger partial charge on any atom is 0.430 e. The molecule has 30 heavy (non-hydrogen) atoms. The van der Waals surface area contributed by atoms with Gasteiger partial charge in [0.25, 0.3) is 0 Å². The first-order valence-electron chi connectivity index (χ1n) is 7.94. The SMILES string of the molecule is C=CCO/N=C1\c2ccccc2-c2c1c([N+](=O)[O-])c([N+](=O)[O-])c([N+](=O)[O-])c2[N+](=O)[O-]. The first-order chi connectivity index (χ1) is 14.2. The van der Waals surface area contributed by atoms with Crippen LogP contribution in [0.15, 0.2) is 42.1 Å². The maximum atomic E-state index is 11.8. The van der Waals surface area contributed by atoms with E-state index in [-0.39, 0.29) is 23.4 Å². The predicted octanol–water partition coefficient (Wildman–Crippen LogP) is 3.25. The van der Waals surface area contributed by atoms with Gasteiger partial charge in [-0.25, -0.2) is 0 Å². The van der Waals surface area contributed by atoms with Gasteiger partial charge in [-0.15, -0.1) is 0 Å². The lowest BCUT2D eigenvalue weighted by Gasteiger charge is -2.06. The molecule has 0 amide bonds. The van der Waals surface area contributed by atoms with Crippen LogP contribution < -0.4 is 0 Å². The number of hydrogen-bond donors (Lipinski definition) is 0. The first-order valence-corrected chi connectivity index (χ1v) is 7.94. The number of nitrogens with zero attached hydrogens (tertiary/aromatic N) is 5. The Labute approximate surface area is 165 Å². The number of oxime groups is 1. The Bertz CT molecular complexity index is 1190. The van der Waals surface area contributed by atoms with Gasteiger partial charge in [0.1, 0.15) is 17.9 Å². The van der Waals surface area contributed by atoms with Crippen molar-refractivity contribution in [3.63, 3.8) is 0 Å². The van der Waals surface area contributed by atoms with Gasteiger partial charge >= 0.3 is 22.7 Å². The van der Waals surface area contributed by atoms with Crippen molar-refractivity contribution in [3.8, 4) is 11.1 Å². The number of hydrogen-bond acceptors (Lipinski definition) is 10. The van der Waals surface area contributed by atoms with Crippen molar-refractivity contribution in [2.45, 2.75) is 0 Å². The Hall–Kier alpha value is -4.75. The Morgan fingerprint density at radius 3 is 1.73 bits per heavy atom. The van der Waals surface area contributed by atoms with Crippen LogP contribution in [-0.2, 0) is 4.84 Å². The molecule has 0 spiro atoms. The summed E-state index contributed by atoms with van der Waals surface area (Å²) in [5.74, 6) is 0. The lowest BCUT2D eigenvalue weighted by molar-refractivity contribution is -0.451. The summed E-state index contributed by atoms with van der Waals surface area (Å²) in [5, 5.41) is 50.3. The van der Waals surface area contributed by atoms with E-state index < -0.39 is 53.6 Å². The van der Waals surface area contributed by atoms with Crippen molar-refractivity contribution < 1.29 is 24.5 Å². The molecule has 0 unspecified atom stereocenters. The van der Waals surface area contributed by atoms with Gasteiger partial charge in [-0.05, 0) is 5.56 Å². The molecule has 2 aromatic carbocycles. The first kappa shape index (κ1) is 20.0. The van der Waals surface area contributed by atoms with Gasteiger partial charge in [0.05, 0.1) is 25.3 Å². The highest BCUT2D eigenvalue weighted by molar-refractivity contribution is 6.29. The van der Waals surface area contributed by atoms with Crippen molar-refractivity contribution >= 4 is 28.5 Å². The van der Waals surface area contributed by atoms with E-state index >= 15 is 0 Å². The summed E-state index contributed by atoms with van der Waals surface area (Å²) in [6.45, 7) is 3.28. The molecule has 0 radical (unpaired) electrons.